The first-order valence-electron chi connectivity index (χ1n) is 8.40. The number of nitrogens with one attached hydrogen (secondary N) is 3. The van der Waals surface area contributed by atoms with Crippen LogP contribution in [0.1, 0.15) is 10.4 Å². The van der Waals surface area contributed by atoms with Crippen molar-refractivity contribution in [1.82, 2.24) is 14.7 Å². The Morgan fingerprint density at radius 3 is 2.47 bits per heavy atom. The lowest BCUT2D eigenvalue weighted by Crippen LogP contribution is -2.18. The minimum atomic E-state index is -3.54. The van der Waals surface area contributed by atoms with E-state index in [1.54, 1.807) is 12.1 Å². The quantitative estimate of drug-likeness (QED) is 0.395. The van der Waals surface area contributed by atoms with Crippen LogP contribution in [0, 0.1) is 5.82 Å². The van der Waals surface area contributed by atoms with Crippen molar-refractivity contribution in [1.29, 1.82) is 0 Å². The second kappa shape index (κ2) is 8.73. The predicted octanol–water partition coefficient (Wildman–Crippen LogP) is 2.87. The number of primary amides is 1. The lowest BCUT2D eigenvalue weighted by Gasteiger charge is -2.13. The molecule has 0 saturated carbocycles. The lowest BCUT2D eigenvalue weighted by atomic mass is 10.1. The first-order valence-corrected chi connectivity index (χ1v) is 10.7. The molecule has 3 aromatic rings. The molecule has 30 heavy (non-hydrogen) atoms. The van der Waals surface area contributed by atoms with E-state index >= 15 is 0 Å². The highest BCUT2D eigenvalue weighted by molar-refractivity contribution is 9.10. The number of aromatic nitrogens is 2. The third-order valence-electron chi connectivity index (χ3n) is 3.95. The molecule has 2 aromatic carbocycles. The molecule has 1 amide bonds. The monoisotopic (exact) mass is 494 g/mol. The Balaban J connectivity index is 1.86. The van der Waals surface area contributed by atoms with Crippen molar-refractivity contribution in [2.45, 2.75) is 4.90 Å². The molecular formula is C18H16BrFN6O3S. The van der Waals surface area contributed by atoms with E-state index < -0.39 is 21.7 Å². The van der Waals surface area contributed by atoms with Gasteiger partial charge in [-0.15, -0.1) is 0 Å². The molecule has 5 N–H and O–H groups in total. The van der Waals surface area contributed by atoms with Gasteiger partial charge in [-0.2, -0.15) is 4.98 Å². The van der Waals surface area contributed by atoms with Gasteiger partial charge in [-0.25, -0.2) is 22.5 Å². The third-order valence-corrected chi connectivity index (χ3v) is 5.96. The highest BCUT2D eigenvalue weighted by Crippen LogP contribution is 2.28. The number of hydrogen-bond acceptors (Lipinski definition) is 7. The fourth-order valence-corrected chi connectivity index (χ4v) is 3.51. The summed E-state index contributed by atoms with van der Waals surface area (Å²) < 4.78 is 40.3. The number of benzene rings is 2. The Hall–Kier alpha value is -3.09. The first kappa shape index (κ1) is 21.6. The molecular weight excluding hydrogens is 479 g/mol. The predicted molar refractivity (Wildman–Crippen MR) is 114 cm³/mol. The van der Waals surface area contributed by atoms with E-state index in [2.05, 4.69) is 41.3 Å². The Bertz CT molecular complexity index is 1210. The molecule has 0 fully saturated rings. The summed E-state index contributed by atoms with van der Waals surface area (Å²) in [6.07, 6.45) is 1.46. The molecule has 1 aromatic heterocycles. The molecule has 3 rings (SSSR count). The fraction of sp³-hybridized carbons (Fsp3) is 0.0556. The largest absolute Gasteiger partial charge is 0.365 e. The molecule has 0 unspecified atom stereocenters. The minimum absolute atomic E-state index is 0.111. The van der Waals surface area contributed by atoms with Gasteiger partial charge in [-0.3, -0.25) is 4.79 Å². The summed E-state index contributed by atoms with van der Waals surface area (Å²) in [6.45, 7) is 0. The van der Waals surface area contributed by atoms with Crippen molar-refractivity contribution in [3.05, 3.63) is 64.5 Å². The second-order valence-electron chi connectivity index (χ2n) is 5.90. The summed E-state index contributed by atoms with van der Waals surface area (Å²) in [5, 5.41) is 5.80. The highest BCUT2D eigenvalue weighted by Gasteiger charge is 2.16. The van der Waals surface area contributed by atoms with Crippen LogP contribution in [-0.4, -0.2) is 31.3 Å². The van der Waals surface area contributed by atoms with Crippen LogP contribution < -0.4 is 21.1 Å². The molecule has 9 nitrogen and oxygen atoms in total. The average Bonchev–Trinajstić information content (AvgIpc) is 2.70. The van der Waals surface area contributed by atoms with Crippen LogP contribution in [0.15, 0.2) is 58.0 Å². The first-order chi connectivity index (χ1) is 14.2. The molecule has 156 valence electrons. The van der Waals surface area contributed by atoms with Gasteiger partial charge in [0.05, 0.1) is 20.6 Å². The van der Waals surface area contributed by atoms with E-state index in [1.165, 1.54) is 37.5 Å². The van der Waals surface area contributed by atoms with Gasteiger partial charge in [-0.1, -0.05) is 6.07 Å². The number of sulfonamides is 1. The number of carbonyl (C=O) groups is 1. The van der Waals surface area contributed by atoms with E-state index in [0.29, 0.717) is 10.2 Å². The number of hydrogen-bond donors (Lipinski definition) is 4. The highest BCUT2D eigenvalue weighted by atomic mass is 79.9. The average molecular weight is 495 g/mol. The Morgan fingerprint density at radius 2 is 1.83 bits per heavy atom. The van der Waals surface area contributed by atoms with E-state index in [-0.39, 0.29) is 27.9 Å². The van der Waals surface area contributed by atoms with Crippen LogP contribution in [0.3, 0.4) is 0 Å². The number of rotatable bonds is 7. The lowest BCUT2D eigenvalue weighted by molar-refractivity contribution is 0.0997. The van der Waals surface area contributed by atoms with Crippen LogP contribution in [-0.2, 0) is 10.0 Å². The van der Waals surface area contributed by atoms with Crippen molar-refractivity contribution >= 4 is 55.0 Å². The molecule has 0 atom stereocenters. The second-order valence-corrected chi connectivity index (χ2v) is 8.64. The summed E-state index contributed by atoms with van der Waals surface area (Å²) in [5.74, 6) is -1.24. The Labute approximate surface area is 180 Å². The van der Waals surface area contributed by atoms with Gasteiger partial charge in [0.15, 0.2) is 0 Å². The number of halogens is 2. The van der Waals surface area contributed by atoms with Crippen molar-refractivity contribution < 1.29 is 17.6 Å². The molecule has 0 spiro atoms. The molecule has 0 bridgehead atoms. The zero-order valence-corrected chi connectivity index (χ0v) is 17.9. The summed E-state index contributed by atoms with van der Waals surface area (Å²) >= 11 is 3.29. The van der Waals surface area contributed by atoms with Crippen LogP contribution in [0.25, 0.3) is 0 Å². The normalized spacial score (nSPS) is 11.2. The number of nitrogens with zero attached hydrogens (tertiary/aromatic N) is 2. The van der Waals surface area contributed by atoms with Crippen LogP contribution in [0.4, 0.5) is 27.5 Å². The van der Waals surface area contributed by atoms with Gasteiger partial charge in [0.1, 0.15) is 11.6 Å². The maximum Gasteiger partial charge on any atom is 0.253 e. The molecule has 0 aliphatic carbocycles. The van der Waals surface area contributed by atoms with Crippen molar-refractivity contribution in [3.63, 3.8) is 0 Å². The number of carbonyl (C=O) groups excluding carboxylic acids is 1. The van der Waals surface area contributed by atoms with Crippen molar-refractivity contribution in [2.24, 2.45) is 5.73 Å². The smallest absolute Gasteiger partial charge is 0.253 e. The molecule has 0 saturated heterocycles. The molecule has 0 radical (unpaired) electrons. The topological polar surface area (TPSA) is 139 Å². The van der Waals surface area contributed by atoms with Crippen LogP contribution in [0.2, 0.25) is 0 Å². The maximum atomic E-state index is 14.0. The van der Waals surface area contributed by atoms with Gasteiger partial charge in [0.25, 0.3) is 5.91 Å². The fourth-order valence-electron chi connectivity index (χ4n) is 2.49. The number of nitrogens with two attached hydrogens (primary N) is 1. The molecule has 0 aliphatic rings. The van der Waals surface area contributed by atoms with Gasteiger partial charge in [0.2, 0.25) is 16.0 Å². The van der Waals surface area contributed by atoms with Crippen molar-refractivity contribution in [3.8, 4) is 0 Å². The summed E-state index contributed by atoms with van der Waals surface area (Å²) in [6, 6.07) is 10.0. The zero-order chi connectivity index (χ0) is 21.9. The Kier molecular flexibility index (Phi) is 6.29. The van der Waals surface area contributed by atoms with Crippen molar-refractivity contribution in [2.75, 3.05) is 17.7 Å². The van der Waals surface area contributed by atoms with E-state index in [0.717, 1.165) is 6.07 Å². The maximum absolute atomic E-state index is 14.0. The summed E-state index contributed by atoms with van der Waals surface area (Å²) in [4.78, 5) is 20.1. The molecule has 1 heterocycles. The van der Waals surface area contributed by atoms with Gasteiger partial charge in [-0.05, 0) is 59.4 Å². The summed E-state index contributed by atoms with van der Waals surface area (Å²) in [7, 11) is -2.22. The van der Waals surface area contributed by atoms with Crippen LogP contribution in [0.5, 0.6) is 0 Å². The van der Waals surface area contributed by atoms with Crippen LogP contribution >= 0.6 is 15.9 Å². The summed E-state index contributed by atoms with van der Waals surface area (Å²) in [5.41, 5.74) is 5.67. The van der Waals surface area contributed by atoms with Gasteiger partial charge in [0, 0.05) is 11.9 Å². The number of anilines is 4. The third kappa shape index (κ3) is 4.72. The molecule has 12 heteroatoms. The van der Waals surface area contributed by atoms with E-state index in [1.807, 2.05) is 0 Å². The van der Waals surface area contributed by atoms with Gasteiger partial charge >= 0.3 is 0 Å². The Morgan fingerprint density at radius 1 is 1.13 bits per heavy atom. The van der Waals surface area contributed by atoms with Gasteiger partial charge < -0.3 is 16.4 Å². The standard InChI is InChI=1S/C18H16BrFN6O3S/c1-22-30(28,29)11-7-5-10(6-8-11)24-18-23-9-12(19)17(26-18)25-14-4-2-3-13(20)15(14)16(21)27/h2-9,22H,1H3,(H2,21,27)(H2,23,24,25,26). The SMILES string of the molecule is CNS(=O)(=O)c1ccc(Nc2ncc(Br)c(Nc3cccc(F)c3C(N)=O)n2)cc1. The minimum Gasteiger partial charge on any atom is -0.365 e. The van der Waals surface area contributed by atoms with E-state index in [9.17, 15) is 17.6 Å². The van der Waals surface area contributed by atoms with E-state index in [4.69, 9.17) is 5.73 Å². The molecule has 0 aliphatic heterocycles. The zero-order valence-electron chi connectivity index (χ0n) is 15.5. The number of amides is 1.